The normalized spacial score (nSPS) is 9.55. The summed E-state index contributed by atoms with van der Waals surface area (Å²) in [6.07, 6.45) is 5.97. The average Bonchev–Trinajstić information content (AvgIpc) is 2.07. The lowest BCUT2D eigenvalue weighted by Gasteiger charge is -1.96. The molecule has 1 aromatic heterocycles. The summed E-state index contributed by atoms with van der Waals surface area (Å²) in [4.78, 5) is 8.15. The standard InChI is InChI=1S/C8H11N3/c1-2-3-8-10-5-7(4-9)6-11-8/h2,5-6H,1,3-4,9H2. The van der Waals surface area contributed by atoms with E-state index in [2.05, 4.69) is 16.5 Å². The van der Waals surface area contributed by atoms with Gasteiger partial charge in [-0.15, -0.1) is 6.58 Å². The minimum Gasteiger partial charge on any atom is -0.326 e. The Hall–Kier alpha value is -1.22. The zero-order chi connectivity index (χ0) is 8.10. The molecule has 0 unspecified atom stereocenters. The van der Waals surface area contributed by atoms with Crippen molar-refractivity contribution in [2.45, 2.75) is 13.0 Å². The van der Waals surface area contributed by atoms with Crippen molar-refractivity contribution in [2.75, 3.05) is 0 Å². The van der Waals surface area contributed by atoms with Crippen LogP contribution in [0.15, 0.2) is 25.0 Å². The minimum atomic E-state index is 0.494. The topological polar surface area (TPSA) is 51.8 Å². The van der Waals surface area contributed by atoms with Gasteiger partial charge < -0.3 is 5.73 Å². The molecule has 0 fully saturated rings. The van der Waals surface area contributed by atoms with Gasteiger partial charge in [0.2, 0.25) is 0 Å². The molecule has 0 radical (unpaired) electrons. The molecule has 0 aliphatic heterocycles. The van der Waals surface area contributed by atoms with Gasteiger partial charge in [-0.1, -0.05) is 6.08 Å². The van der Waals surface area contributed by atoms with Gasteiger partial charge in [0.05, 0.1) is 0 Å². The van der Waals surface area contributed by atoms with Crippen LogP contribution < -0.4 is 5.73 Å². The van der Waals surface area contributed by atoms with Gasteiger partial charge in [-0.25, -0.2) is 9.97 Å². The Morgan fingerprint density at radius 1 is 1.45 bits per heavy atom. The number of allylic oxidation sites excluding steroid dienone is 1. The summed E-state index contributed by atoms with van der Waals surface area (Å²) >= 11 is 0. The quantitative estimate of drug-likeness (QED) is 0.642. The third-order valence-electron chi connectivity index (χ3n) is 1.32. The first-order valence-corrected chi connectivity index (χ1v) is 3.47. The maximum Gasteiger partial charge on any atom is 0.131 e. The van der Waals surface area contributed by atoms with Crippen LogP contribution in [0.3, 0.4) is 0 Å². The van der Waals surface area contributed by atoms with E-state index in [9.17, 15) is 0 Å². The summed E-state index contributed by atoms with van der Waals surface area (Å²) in [5.74, 6) is 0.789. The first kappa shape index (κ1) is 7.88. The third kappa shape index (κ3) is 2.13. The summed E-state index contributed by atoms with van der Waals surface area (Å²) in [7, 11) is 0. The Bertz CT molecular complexity index is 228. The number of nitrogens with two attached hydrogens (primary N) is 1. The largest absolute Gasteiger partial charge is 0.326 e. The van der Waals surface area contributed by atoms with Crippen molar-refractivity contribution >= 4 is 0 Å². The van der Waals surface area contributed by atoms with Gasteiger partial charge in [-0.3, -0.25) is 0 Å². The molecule has 1 heterocycles. The van der Waals surface area contributed by atoms with Crippen molar-refractivity contribution in [3.63, 3.8) is 0 Å². The molecule has 0 amide bonds. The van der Waals surface area contributed by atoms with Crippen molar-refractivity contribution in [1.29, 1.82) is 0 Å². The second-order valence-electron chi connectivity index (χ2n) is 2.20. The van der Waals surface area contributed by atoms with Crippen LogP contribution in [0.5, 0.6) is 0 Å². The van der Waals surface area contributed by atoms with Gasteiger partial charge in [-0.2, -0.15) is 0 Å². The second kappa shape index (κ2) is 3.83. The van der Waals surface area contributed by atoms with Crippen molar-refractivity contribution in [2.24, 2.45) is 5.73 Å². The Morgan fingerprint density at radius 3 is 2.55 bits per heavy atom. The SMILES string of the molecule is C=CCc1ncc(CN)cn1. The number of hydrogen-bond donors (Lipinski definition) is 1. The van der Waals surface area contributed by atoms with Gasteiger partial charge in [0.15, 0.2) is 0 Å². The molecule has 0 spiro atoms. The number of hydrogen-bond acceptors (Lipinski definition) is 3. The molecule has 0 aromatic carbocycles. The van der Waals surface area contributed by atoms with E-state index in [4.69, 9.17) is 5.73 Å². The molecule has 1 aromatic rings. The van der Waals surface area contributed by atoms with Crippen LogP contribution in [0, 0.1) is 0 Å². The smallest absolute Gasteiger partial charge is 0.131 e. The molecule has 0 atom stereocenters. The monoisotopic (exact) mass is 149 g/mol. The van der Waals surface area contributed by atoms with Crippen molar-refractivity contribution < 1.29 is 0 Å². The van der Waals surface area contributed by atoms with E-state index in [0.717, 1.165) is 11.4 Å². The Labute approximate surface area is 66.0 Å². The minimum absolute atomic E-state index is 0.494. The maximum absolute atomic E-state index is 5.37. The number of nitrogens with zero attached hydrogens (tertiary/aromatic N) is 2. The summed E-state index contributed by atoms with van der Waals surface area (Å²) in [6, 6.07) is 0. The second-order valence-corrected chi connectivity index (χ2v) is 2.20. The third-order valence-corrected chi connectivity index (χ3v) is 1.32. The maximum atomic E-state index is 5.37. The Morgan fingerprint density at radius 2 is 2.09 bits per heavy atom. The summed E-state index contributed by atoms with van der Waals surface area (Å²) in [5, 5.41) is 0. The Balaban J connectivity index is 2.74. The van der Waals surface area contributed by atoms with Gasteiger partial charge in [-0.05, 0) is 0 Å². The fourth-order valence-corrected chi connectivity index (χ4v) is 0.721. The van der Waals surface area contributed by atoms with Crippen LogP contribution in [0.2, 0.25) is 0 Å². The molecule has 0 aliphatic rings. The van der Waals surface area contributed by atoms with E-state index >= 15 is 0 Å². The summed E-state index contributed by atoms with van der Waals surface area (Å²) in [6.45, 7) is 4.09. The number of rotatable bonds is 3. The zero-order valence-electron chi connectivity index (χ0n) is 6.33. The van der Waals surface area contributed by atoms with E-state index < -0.39 is 0 Å². The lowest BCUT2D eigenvalue weighted by Crippen LogP contribution is -2.00. The first-order chi connectivity index (χ1) is 5.36. The molecule has 0 saturated carbocycles. The highest BCUT2D eigenvalue weighted by Gasteiger charge is 1.92. The predicted molar refractivity (Wildman–Crippen MR) is 43.8 cm³/mol. The molecule has 1 rings (SSSR count). The summed E-state index contributed by atoms with van der Waals surface area (Å²) in [5.41, 5.74) is 6.33. The summed E-state index contributed by atoms with van der Waals surface area (Å²) < 4.78 is 0. The van der Waals surface area contributed by atoms with Crippen LogP contribution >= 0.6 is 0 Å². The van der Waals surface area contributed by atoms with Gasteiger partial charge in [0.25, 0.3) is 0 Å². The predicted octanol–water partition coefficient (Wildman–Crippen LogP) is 0.664. The fraction of sp³-hybridized carbons (Fsp3) is 0.250. The van der Waals surface area contributed by atoms with Crippen LogP contribution in [0.4, 0.5) is 0 Å². The average molecular weight is 149 g/mol. The molecule has 0 bridgehead atoms. The van der Waals surface area contributed by atoms with Crippen molar-refractivity contribution in [3.05, 3.63) is 36.4 Å². The molecule has 0 aliphatic carbocycles. The lowest BCUT2D eigenvalue weighted by atomic mass is 10.3. The van der Waals surface area contributed by atoms with E-state index in [0.29, 0.717) is 13.0 Å². The zero-order valence-corrected chi connectivity index (χ0v) is 6.33. The van der Waals surface area contributed by atoms with Crippen LogP contribution in [0.25, 0.3) is 0 Å². The molecule has 3 nitrogen and oxygen atoms in total. The fourth-order valence-electron chi connectivity index (χ4n) is 0.721. The van der Waals surface area contributed by atoms with Crippen LogP contribution in [-0.2, 0) is 13.0 Å². The Kier molecular flexibility index (Phi) is 2.74. The lowest BCUT2D eigenvalue weighted by molar-refractivity contribution is 0.938. The van der Waals surface area contributed by atoms with E-state index in [1.54, 1.807) is 18.5 Å². The molecule has 58 valence electrons. The molecule has 0 saturated heterocycles. The molecule has 11 heavy (non-hydrogen) atoms. The van der Waals surface area contributed by atoms with Gasteiger partial charge in [0, 0.05) is 30.9 Å². The first-order valence-electron chi connectivity index (χ1n) is 3.47. The number of aromatic nitrogens is 2. The van der Waals surface area contributed by atoms with Crippen LogP contribution in [-0.4, -0.2) is 9.97 Å². The molecule has 2 N–H and O–H groups in total. The highest BCUT2D eigenvalue weighted by Crippen LogP contribution is 1.95. The van der Waals surface area contributed by atoms with Crippen LogP contribution in [0.1, 0.15) is 11.4 Å². The molecule has 3 heteroatoms. The molecular weight excluding hydrogens is 138 g/mol. The van der Waals surface area contributed by atoms with Crippen molar-refractivity contribution in [3.8, 4) is 0 Å². The van der Waals surface area contributed by atoms with Crippen molar-refractivity contribution in [1.82, 2.24) is 9.97 Å². The highest BCUT2D eigenvalue weighted by molar-refractivity contribution is 5.05. The highest BCUT2D eigenvalue weighted by atomic mass is 14.9. The van der Waals surface area contributed by atoms with E-state index in [1.807, 2.05) is 0 Å². The van der Waals surface area contributed by atoms with E-state index in [1.165, 1.54) is 0 Å². The van der Waals surface area contributed by atoms with Gasteiger partial charge in [0.1, 0.15) is 5.82 Å². The van der Waals surface area contributed by atoms with E-state index in [-0.39, 0.29) is 0 Å². The van der Waals surface area contributed by atoms with Gasteiger partial charge >= 0.3 is 0 Å². The molecular formula is C8H11N3.